The highest BCUT2D eigenvalue weighted by Gasteiger charge is 2.22. The number of rotatable bonds is 3. The molecule has 0 radical (unpaired) electrons. The van der Waals surface area contributed by atoms with Crippen molar-refractivity contribution in [1.82, 2.24) is 30.0 Å². The van der Waals surface area contributed by atoms with Gasteiger partial charge in [-0.15, -0.1) is 0 Å². The maximum absolute atomic E-state index is 11.9. The van der Waals surface area contributed by atoms with Gasteiger partial charge < -0.3 is 15.1 Å². The summed E-state index contributed by atoms with van der Waals surface area (Å²) in [5.41, 5.74) is 1.98. The van der Waals surface area contributed by atoms with E-state index < -0.39 is 0 Å². The number of carbonyl (C=O) groups excluding carboxylic acids is 1. The first kappa shape index (κ1) is 16.2. The summed E-state index contributed by atoms with van der Waals surface area (Å²) in [5.74, 6) is 1.53. The topological polar surface area (TPSA) is 79.2 Å². The summed E-state index contributed by atoms with van der Waals surface area (Å²) in [7, 11) is 0. The highest BCUT2D eigenvalue weighted by atomic mass is 16.2. The molecule has 1 N–H and O–H groups in total. The summed E-state index contributed by atoms with van der Waals surface area (Å²) in [4.78, 5) is 24.9. The molecular weight excluding hydrogens is 306 g/mol. The number of aromatic nitrogens is 4. The van der Waals surface area contributed by atoms with E-state index in [1.165, 1.54) is 0 Å². The van der Waals surface area contributed by atoms with Gasteiger partial charge in [0.15, 0.2) is 5.82 Å². The second-order valence-electron chi connectivity index (χ2n) is 5.88. The van der Waals surface area contributed by atoms with Gasteiger partial charge in [-0.05, 0) is 26.8 Å². The van der Waals surface area contributed by atoms with E-state index in [0.29, 0.717) is 25.5 Å². The Morgan fingerprint density at radius 1 is 1.17 bits per heavy atom. The quantitative estimate of drug-likeness (QED) is 0.913. The number of amides is 2. The molecule has 2 aromatic rings. The van der Waals surface area contributed by atoms with Crippen molar-refractivity contribution in [3.63, 3.8) is 0 Å². The Morgan fingerprint density at radius 3 is 2.50 bits per heavy atom. The highest BCUT2D eigenvalue weighted by Crippen LogP contribution is 2.16. The Labute approximate surface area is 141 Å². The third kappa shape index (κ3) is 3.32. The van der Waals surface area contributed by atoms with Crippen molar-refractivity contribution < 1.29 is 4.79 Å². The van der Waals surface area contributed by atoms with E-state index in [-0.39, 0.29) is 6.03 Å². The van der Waals surface area contributed by atoms with Gasteiger partial charge in [-0.3, -0.25) is 4.98 Å². The van der Waals surface area contributed by atoms with Crippen LogP contribution < -0.4 is 10.2 Å². The molecule has 0 aromatic carbocycles. The van der Waals surface area contributed by atoms with Crippen molar-refractivity contribution in [2.45, 2.75) is 20.8 Å². The van der Waals surface area contributed by atoms with Gasteiger partial charge in [-0.1, -0.05) is 0 Å². The zero-order valence-electron chi connectivity index (χ0n) is 14.4. The zero-order valence-corrected chi connectivity index (χ0v) is 14.4. The first-order valence-electron chi connectivity index (χ1n) is 8.22. The number of nitrogens with zero attached hydrogens (tertiary/aromatic N) is 6. The average molecular weight is 329 g/mol. The molecule has 3 heterocycles. The molecule has 0 aliphatic carbocycles. The number of aryl methyl sites for hydroxylation is 2. The number of urea groups is 1. The van der Waals surface area contributed by atoms with E-state index in [1.54, 1.807) is 17.1 Å². The molecule has 0 bridgehead atoms. The minimum absolute atomic E-state index is 0.000346. The average Bonchev–Trinajstić information content (AvgIpc) is 2.94. The summed E-state index contributed by atoms with van der Waals surface area (Å²) >= 11 is 0. The Balaban J connectivity index is 1.72. The lowest BCUT2D eigenvalue weighted by atomic mass is 10.3. The predicted molar refractivity (Wildman–Crippen MR) is 91.5 cm³/mol. The van der Waals surface area contributed by atoms with Crippen LogP contribution in [0.3, 0.4) is 0 Å². The van der Waals surface area contributed by atoms with Gasteiger partial charge in [0.25, 0.3) is 0 Å². The number of nitrogens with one attached hydrogen (secondary N) is 1. The molecule has 0 saturated carbocycles. The lowest BCUT2D eigenvalue weighted by molar-refractivity contribution is 0.195. The van der Waals surface area contributed by atoms with Crippen LogP contribution in [0.4, 0.5) is 10.6 Å². The van der Waals surface area contributed by atoms with Gasteiger partial charge in [0.05, 0.1) is 18.1 Å². The first-order chi connectivity index (χ1) is 11.6. The minimum atomic E-state index is -0.000346. The molecule has 2 amide bonds. The number of hydrogen-bond acceptors (Lipinski definition) is 5. The van der Waals surface area contributed by atoms with Gasteiger partial charge in [0, 0.05) is 38.4 Å². The number of hydrogen-bond donors (Lipinski definition) is 1. The van der Waals surface area contributed by atoms with Crippen molar-refractivity contribution >= 4 is 11.8 Å². The molecule has 2 aromatic heterocycles. The molecule has 1 fully saturated rings. The molecule has 1 aliphatic heterocycles. The molecule has 1 aliphatic rings. The number of piperazine rings is 1. The van der Waals surface area contributed by atoms with E-state index in [0.717, 1.165) is 30.3 Å². The van der Waals surface area contributed by atoms with Crippen LogP contribution in [0.2, 0.25) is 0 Å². The Bertz CT molecular complexity index is 719. The molecule has 0 spiro atoms. The van der Waals surface area contributed by atoms with Gasteiger partial charge in [-0.2, -0.15) is 5.10 Å². The van der Waals surface area contributed by atoms with Gasteiger partial charge in [0.1, 0.15) is 5.82 Å². The Hall–Kier alpha value is -2.64. The van der Waals surface area contributed by atoms with Gasteiger partial charge in [0.2, 0.25) is 0 Å². The second-order valence-corrected chi connectivity index (χ2v) is 5.88. The molecule has 0 atom stereocenters. The third-order valence-electron chi connectivity index (χ3n) is 4.05. The molecular formula is C16H23N7O. The molecule has 0 unspecified atom stereocenters. The fraction of sp³-hybridized carbons (Fsp3) is 0.500. The van der Waals surface area contributed by atoms with Crippen molar-refractivity contribution in [1.29, 1.82) is 0 Å². The van der Waals surface area contributed by atoms with E-state index in [1.807, 2.05) is 31.7 Å². The van der Waals surface area contributed by atoms with E-state index in [4.69, 9.17) is 4.98 Å². The van der Waals surface area contributed by atoms with Crippen LogP contribution in [0, 0.1) is 13.8 Å². The van der Waals surface area contributed by atoms with Crippen LogP contribution in [-0.4, -0.2) is 63.4 Å². The monoisotopic (exact) mass is 329 g/mol. The molecule has 1 saturated heterocycles. The summed E-state index contributed by atoms with van der Waals surface area (Å²) in [5, 5.41) is 7.29. The molecule has 3 rings (SSSR count). The van der Waals surface area contributed by atoms with E-state index >= 15 is 0 Å². The predicted octanol–water partition coefficient (Wildman–Crippen LogP) is 1.13. The largest absolute Gasteiger partial charge is 0.352 e. The minimum Gasteiger partial charge on any atom is -0.352 e. The third-order valence-corrected chi connectivity index (χ3v) is 4.05. The summed E-state index contributed by atoms with van der Waals surface area (Å²) < 4.78 is 1.80. The van der Waals surface area contributed by atoms with Crippen LogP contribution in [0.1, 0.15) is 18.3 Å². The van der Waals surface area contributed by atoms with Gasteiger partial charge in [-0.25, -0.2) is 14.5 Å². The Kier molecular flexibility index (Phi) is 4.64. The maximum Gasteiger partial charge on any atom is 0.317 e. The molecule has 24 heavy (non-hydrogen) atoms. The normalized spacial score (nSPS) is 14.8. The molecule has 8 heteroatoms. The highest BCUT2D eigenvalue weighted by molar-refractivity contribution is 5.74. The van der Waals surface area contributed by atoms with Crippen molar-refractivity contribution in [2.75, 3.05) is 37.6 Å². The van der Waals surface area contributed by atoms with Crippen LogP contribution in [0.25, 0.3) is 5.82 Å². The summed E-state index contributed by atoms with van der Waals surface area (Å²) in [6.07, 6.45) is 3.48. The maximum atomic E-state index is 11.9. The number of anilines is 1. The first-order valence-corrected chi connectivity index (χ1v) is 8.22. The van der Waals surface area contributed by atoms with Crippen LogP contribution >= 0.6 is 0 Å². The molecule has 128 valence electrons. The fourth-order valence-electron chi connectivity index (χ4n) is 2.86. The second kappa shape index (κ2) is 6.86. The van der Waals surface area contributed by atoms with E-state index in [2.05, 4.69) is 20.3 Å². The lowest BCUT2D eigenvalue weighted by Gasteiger charge is -2.35. The van der Waals surface area contributed by atoms with Crippen molar-refractivity contribution in [3.05, 3.63) is 29.8 Å². The molecule has 8 nitrogen and oxygen atoms in total. The van der Waals surface area contributed by atoms with Crippen LogP contribution in [0.5, 0.6) is 0 Å². The number of carbonyl (C=O) groups is 1. The Morgan fingerprint density at radius 2 is 1.88 bits per heavy atom. The SMILES string of the molecule is CCNC(=O)N1CCN(c2cncc(-n3nc(C)cc3C)n2)CC1. The van der Waals surface area contributed by atoms with Crippen LogP contribution in [-0.2, 0) is 0 Å². The smallest absolute Gasteiger partial charge is 0.317 e. The van der Waals surface area contributed by atoms with Crippen molar-refractivity contribution in [2.24, 2.45) is 0 Å². The van der Waals surface area contributed by atoms with Crippen LogP contribution in [0.15, 0.2) is 18.5 Å². The standard InChI is InChI=1S/C16H23N7O/c1-4-18-16(24)22-7-5-21(6-8-22)14-10-17-11-15(19-14)23-13(3)9-12(2)20-23/h9-11H,4-8H2,1-3H3,(H,18,24). The van der Waals surface area contributed by atoms with E-state index in [9.17, 15) is 4.79 Å². The van der Waals surface area contributed by atoms with Gasteiger partial charge >= 0.3 is 6.03 Å². The summed E-state index contributed by atoms with van der Waals surface area (Å²) in [6.45, 7) is 9.37. The fourth-order valence-corrected chi connectivity index (χ4v) is 2.86. The zero-order chi connectivity index (χ0) is 17.1. The van der Waals surface area contributed by atoms with Crippen molar-refractivity contribution in [3.8, 4) is 5.82 Å². The summed E-state index contributed by atoms with van der Waals surface area (Å²) in [6, 6.07) is 2.01. The lowest BCUT2D eigenvalue weighted by Crippen LogP contribution is -2.52.